The Morgan fingerprint density at radius 1 is 1.24 bits per heavy atom. The number of rotatable bonds is 9. The molecule has 0 saturated heterocycles. The van der Waals surface area contributed by atoms with Crippen molar-refractivity contribution < 1.29 is 18.7 Å². The van der Waals surface area contributed by atoms with Crippen molar-refractivity contribution in [3.05, 3.63) is 63.8 Å². The van der Waals surface area contributed by atoms with Gasteiger partial charge in [-0.25, -0.2) is 0 Å². The lowest BCUT2D eigenvalue weighted by atomic mass is 10.3. The van der Waals surface area contributed by atoms with Crippen LogP contribution in [-0.2, 0) is 13.2 Å². The number of halogens is 1. The summed E-state index contributed by atoms with van der Waals surface area (Å²) in [6.45, 7) is 5.47. The zero-order valence-corrected chi connectivity index (χ0v) is 18.3. The van der Waals surface area contributed by atoms with Crippen LogP contribution in [0.4, 0.5) is 0 Å². The van der Waals surface area contributed by atoms with Gasteiger partial charge in [0.25, 0.3) is 5.91 Å². The third-order valence-corrected chi connectivity index (χ3v) is 5.58. The van der Waals surface area contributed by atoms with Crippen LogP contribution in [0.3, 0.4) is 0 Å². The number of carbonyl (C=O) groups excluding carboxylic acids is 1. The van der Waals surface area contributed by atoms with E-state index in [1.54, 1.807) is 25.3 Å². The largest absolute Gasteiger partial charge is 0.497 e. The second-order valence-corrected chi connectivity index (χ2v) is 7.34. The molecule has 0 bridgehead atoms. The van der Waals surface area contributed by atoms with Crippen LogP contribution >= 0.6 is 15.9 Å². The van der Waals surface area contributed by atoms with Gasteiger partial charge in [0.1, 0.15) is 23.9 Å². The minimum atomic E-state index is -0.243. The summed E-state index contributed by atoms with van der Waals surface area (Å²) < 4.78 is 19.4. The van der Waals surface area contributed by atoms with Gasteiger partial charge in [-0.2, -0.15) is 5.10 Å². The predicted molar refractivity (Wildman–Crippen MR) is 112 cm³/mol. The Kier molecular flexibility index (Phi) is 6.98. The Bertz CT molecular complexity index is 980. The van der Waals surface area contributed by atoms with Crippen molar-refractivity contribution in [1.29, 1.82) is 0 Å². The van der Waals surface area contributed by atoms with E-state index in [9.17, 15) is 4.79 Å². The highest BCUT2D eigenvalue weighted by Gasteiger charge is 2.12. The summed E-state index contributed by atoms with van der Waals surface area (Å²) in [6, 6.07) is 10.7. The first-order valence-corrected chi connectivity index (χ1v) is 10.1. The van der Waals surface area contributed by atoms with Crippen LogP contribution in [0, 0.1) is 13.8 Å². The van der Waals surface area contributed by atoms with Gasteiger partial charge in [-0.1, -0.05) is 6.07 Å². The van der Waals surface area contributed by atoms with Crippen LogP contribution < -0.4 is 14.8 Å². The van der Waals surface area contributed by atoms with Gasteiger partial charge in [-0.3, -0.25) is 9.48 Å². The van der Waals surface area contributed by atoms with Gasteiger partial charge in [0.15, 0.2) is 5.76 Å². The summed E-state index contributed by atoms with van der Waals surface area (Å²) in [7, 11) is 1.60. The summed E-state index contributed by atoms with van der Waals surface area (Å²) >= 11 is 3.52. The Morgan fingerprint density at radius 2 is 2.03 bits per heavy atom. The number of hydrogen-bond donors (Lipinski definition) is 1. The van der Waals surface area contributed by atoms with Gasteiger partial charge >= 0.3 is 0 Å². The number of nitrogens with one attached hydrogen (secondary N) is 1. The lowest BCUT2D eigenvalue weighted by molar-refractivity contribution is 0.0921. The number of carbonyl (C=O) groups is 1. The topological polar surface area (TPSA) is 78.5 Å². The molecule has 1 aromatic carbocycles. The molecule has 0 aliphatic rings. The lowest BCUT2D eigenvalue weighted by Crippen LogP contribution is -2.25. The minimum absolute atomic E-state index is 0.229. The zero-order valence-electron chi connectivity index (χ0n) is 16.7. The highest BCUT2D eigenvalue weighted by molar-refractivity contribution is 9.10. The van der Waals surface area contributed by atoms with E-state index in [4.69, 9.17) is 13.9 Å². The quantitative estimate of drug-likeness (QED) is 0.481. The lowest BCUT2D eigenvalue weighted by Gasteiger charge is -2.06. The van der Waals surface area contributed by atoms with Crippen molar-refractivity contribution in [1.82, 2.24) is 15.1 Å². The molecule has 0 saturated carbocycles. The second-order valence-electron chi connectivity index (χ2n) is 6.55. The van der Waals surface area contributed by atoms with E-state index < -0.39 is 0 Å². The fraction of sp³-hybridized carbons (Fsp3) is 0.333. The summed E-state index contributed by atoms with van der Waals surface area (Å²) in [4.78, 5) is 12.3. The molecule has 2 heterocycles. The van der Waals surface area contributed by atoms with Crippen LogP contribution in [0.2, 0.25) is 0 Å². The zero-order chi connectivity index (χ0) is 20.8. The number of hydrogen-bond acceptors (Lipinski definition) is 5. The van der Waals surface area contributed by atoms with E-state index >= 15 is 0 Å². The Hall–Kier alpha value is -2.74. The van der Waals surface area contributed by atoms with E-state index in [0.29, 0.717) is 18.1 Å². The van der Waals surface area contributed by atoms with Crippen molar-refractivity contribution >= 4 is 21.8 Å². The molecule has 0 aliphatic heterocycles. The molecule has 29 heavy (non-hydrogen) atoms. The number of methoxy groups -OCH3 is 1. The highest BCUT2D eigenvalue weighted by atomic mass is 79.9. The van der Waals surface area contributed by atoms with Gasteiger partial charge < -0.3 is 19.2 Å². The average molecular weight is 462 g/mol. The van der Waals surface area contributed by atoms with Crippen molar-refractivity contribution in [2.24, 2.45) is 0 Å². The average Bonchev–Trinajstić information content (AvgIpc) is 3.30. The SMILES string of the molecule is COc1cccc(OCc2ccc(C(=O)NCCCn3nc(C)c(Br)c3C)o2)c1. The molecule has 8 heteroatoms. The molecule has 154 valence electrons. The third kappa shape index (κ3) is 5.41. The number of nitrogens with zero attached hydrogens (tertiary/aromatic N) is 2. The van der Waals surface area contributed by atoms with E-state index in [-0.39, 0.29) is 18.3 Å². The standard InChI is InChI=1S/C21H24BrN3O4/c1-14-20(22)15(2)25(24-14)11-5-10-23-21(26)19-9-8-18(29-19)13-28-17-7-4-6-16(12-17)27-3/h4,6-9,12H,5,10-11,13H2,1-3H3,(H,23,26). The summed E-state index contributed by atoms with van der Waals surface area (Å²) in [5.41, 5.74) is 2.05. The van der Waals surface area contributed by atoms with Crippen molar-refractivity contribution in [3.8, 4) is 11.5 Å². The van der Waals surface area contributed by atoms with Gasteiger partial charge in [0.05, 0.1) is 17.3 Å². The number of benzene rings is 1. The number of aryl methyl sites for hydroxylation is 2. The fourth-order valence-corrected chi connectivity index (χ4v) is 3.12. The van der Waals surface area contributed by atoms with Crippen LogP contribution in [0.5, 0.6) is 11.5 Å². The number of amides is 1. The predicted octanol–water partition coefficient (Wildman–Crippen LogP) is 4.26. The highest BCUT2D eigenvalue weighted by Crippen LogP contribution is 2.21. The first-order valence-electron chi connectivity index (χ1n) is 9.31. The minimum Gasteiger partial charge on any atom is -0.497 e. The first kappa shape index (κ1) is 21.0. The van der Waals surface area contributed by atoms with Gasteiger partial charge in [-0.15, -0.1) is 0 Å². The van der Waals surface area contributed by atoms with Gasteiger partial charge in [0.2, 0.25) is 0 Å². The van der Waals surface area contributed by atoms with Gasteiger partial charge in [0, 0.05) is 24.8 Å². The fourth-order valence-electron chi connectivity index (χ4n) is 2.83. The molecule has 3 rings (SSSR count). The third-order valence-electron chi connectivity index (χ3n) is 4.43. The molecule has 3 aromatic rings. The van der Waals surface area contributed by atoms with Crippen LogP contribution in [0.15, 0.2) is 45.3 Å². The van der Waals surface area contributed by atoms with Gasteiger partial charge in [-0.05, 0) is 60.5 Å². The molecule has 0 spiro atoms. The van der Waals surface area contributed by atoms with E-state index in [0.717, 1.165) is 34.6 Å². The number of ether oxygens (including phenoxy) is 2. The monoisotopic (exact) mass is 461 g/mol. The van der Waals surface area contributed by atoms with E-state index in [2.05, 4.69) is 26.3 Å². The smallest absolute Gasteiger partial charge is 0.286 e. The first-order chi connectivity index (χ1) is 14.0. The normalized spacial score (nSPS) is 10.8. The summed E-state index contributed by atoms with van der Waals surface area (Å²) in [5.74, 6) is 1.98. The Labute approximate surface area is 178 Å². The summed E-state index contributed by atoms with van der Waals surface area (Å²) in [6.07, 6.45) is 0.770. The van der Waals surface area contributed by atoms with Crippen LogP contribution in [0.25, 0.3) is 0 Å². The number of furan rings is 1. The molecular formula is C21H24BrN3O4. The molecule has 0 fully saturated rings. The molecule has 7 nitrogen and oxygen atoms in total. The number of aromatic nitrogens is 2. The molecular weight excluding hydrogens is 438 g/mol. The summed E-state index contributed by atoms with van der Waals surface area (Å²) in [5, 5.41) is 7.33. The molecule has 1 amide bonds. The van der Waals surface area contributed by atoms with Crippen molar-refractivity contribution in [2.45, 2.75) is 33.4 Å². The van der Waals surface area contributed by atoms with E-state index in [1.807, 2.05) is 36.7 Å². The molecule has 0 atom stereocenters. The molecule has 0 radical (unpaired) electrons. The maximum Gasteiger partial charge on any atom is 0.286 e. The van der Waals surface area contributed by atoms with Crippen molar-refractivity contribution in [3.63, 3.8) is 0 Å². The maximum absolute atomic E-state index is 12.3. The molecule has 1 N–H and O–H groups in total. The Morgan fingerprint density at radius 3 is 2.76 bits per heavy atom. The second kappa shape index (κ2) is 9.65. The molecule has 0 unspecified atom stereocenters. The Balaban J connectivity index is 1.44. The van der Waals surface area contributed by atoms with Crippen LogP contribution in [-0.4, -0.2) is 29.3 Å². The molecule has 0 aliphatic carbocycles. The van der Waals surface area contributed by atoms with Crippen LogP contribution in [0.1, 0.15) is 34.1 Å². The maximum atomic E-state index is 12.3. The van der Waals surface area contributed by atoms with Crippen molar-refractivity contribution in [2.75, 3.05) is 13.7 Å². The van der Waals surface area contributed by atoms with E-state index in [1.165, 1.54) is 0 Å². The molecule has 2 aromatic heterocycles.